The van der Waals surface area contributed by atoms with Gasteiger partial charge in [0.1, 0.15) is 6.54 Å². The van der Waals surface area contributed by atoms with E-state index in [1.165, 1.54) is 16.8 Å². The summed E-state index contributed by atoms with van der Waals surface area (Å²) in [6.45, 7) is 2.73. The van der Waals surface area contributed by atoms with Crippen molar-refractivity contribution in [3.8, 4) is 0 Å². The molecule has 1 aliphatic rings. The van der Waals surface area contributed by atoms with Crippen molar-refractivity contribution >= 4 is 17.9 Å². The van der Waals surface area contributed by atoms with Crippen LogP contribution in [0.15, 0.2) is 0 Å². The Bertz CT molecular complexity index is 360. The average molecular weight is 273 g/mol. The predicted octanol–water partition coefficient (Wildman–Crippen LogP) is -1.04. The quantitative estimate of drug-likeness (QED) is 0.681. The van der Waals surface area contributed by atoms with Crippen LogP contribution < -0.4 is 5.32 Å². The summed E-state index contributed by atoms with van der Waals surface area (Å²) in [6.07, 6.45) is -1.00. The van der Waals surface area contributed by atoms with E-state index in [-0.39, 0.29) is 31.6 Å². The highest BCUT2D eigenvalue weighted by molar-refractivity contribution is 5.84. The number of carboxylic acids is 1. The van der Waals surface area contributed by atoms with Gasteiger partial charge in [-0.25, -0.2) is 9.59 Å². The maximum Gasteiger partial charge on any atom is 0.334 e. The van der Waals surface area contributed by atoms with Gasteiger partial charge in [0, 0.05) is 20.1 Å². The van der Waals surface area contributed by atoms with Crippen molar-refractivity contribution in [2.24, 2.45) is 0 Å². The van der Waals surface area contributed by atoms with Crippen LogP contribution in [0, 0.1) is 0 Å². The minimum Gasteiger partial charge on any atom is -0.479 e. The Morgan fingerprint density at radius 3 is 2.74 bits per heavy atom. The molecule has 1 saturated heterocycles. The summed E-state index contributed by atoms with van der Waals surface area (Å²) in [5.41, 5.74) is 0. The second kappa shape index (κ2) is 6.93. The van der Waals surface area contributed by atoms with Crippen LogP contribution in [0.5, 0.6) is 0 Å². The van der Waals surface area contributed by atoms with Gasteiger partial charge in [-0.3, -0.25) is 4.79 Å². The number of carbonyl (C=O) groups is 3. The van der Waals surface area contributed by atoms with Gasteiger partial charge in [-0.1, -0.05) is 0 Å². The standard InChI is InChI=1S/C11H19N3O5/c1-3-12-9(15)7-13(2)11(18)14-4-5-19-8(6-14)10(16)17/h8H,3-7H2,1-2H3,(H,12,15)(H,16,17). The molecule has 1 unspecified atom stereocenters. The lowest BCUT2D eigenvalue weighted by Crippen LogP contribution is -2.53. The second-order valence-corrected chi connectivity index (χ2v) is 4.24. The molecule has 0 bridgehead atoms. The normalized spacial score (nSPS) is 18.8. The van der Waals surface area contributed by atoms with E-state index in [0.717, 1.165) is 0 Å². The summed E-state index contributed by atoms with van der Waals surface area (Å²) < 4.78 is 5.03. The first-order chi connectivity index (χ1) is 8.95. The van der Waals surface area contributed by atoms with Gasteiger partial charge >= 0.3 is 12.0 Å². The van der Waals surface area contributed by atoms with Gasteiger partial charge < -0.3 is 25.0 Å². The highest BCUT2D eigenvalue weighted by Gasteiger charge is 2.30. The summed E-state index contributed by atoms with van der Waals surface area (Å²) in [4.78, 5) is 36.9. The van der Waals surface area contributed by atoms with Crippen molar-refractivity contribution < 1.29 is 24.2 Å². The van der Waals surface area contributed by atoms with Crippen LogP contribution in [0.3, 0.4) is 0 Å². The molecule has 1 rings (SSSR count). The lowest BCUT2D eigenvalue weighted by atomic mass is 10.3. The first-order valence-corrected chi connectivity index (χ1v) is 6.06. The highest BCUT2D eigenvalue weighted by Crippen LogP contribution is 2.07. The summed E-state index contributed by atoms with van der Waals surface area (Å²) in [5.74, 6) is -1.34. The third kappa shape index (κ3) is 4.40. The molecule has 1 fully saturated rings. The van der Waals surface area contributed by atoms with Crippen molar-refractivity contribution in [3.63, 3.8) is 0 Å². The smallest absolute Gasteiger partial charge is 0.334 e. The molecule has 8 nitrogen and oxygen atoms in total. The molecule has 19 heavy (non-hydrogen) atoms. The molecule has 0 aromatic carbocycles. The molecule has 2 N–H and O–H groups in total. The number of urea groups is 1. The number of carbonyl (C=O) groups excluding carboxylic acids is 2. The number of hydrogen-bond acceptors (Lipinski definition) is 4. The molecule has 1 atom stereocenters. The molecule has 108 valence electrons. The zero-order valence-corrected chi connectivity index (χ0v) is 11.1. The fourth-order valence-corrected chi connectivity index (χ4v) is 1.75. The Hall–Kier alpha value is -1.83. The average Bonchev–Trinajstić information content (AvgIpc) is 2.38. The van der Waals surface area contributed by atoms with E-state index in [2.05, 4.69) is 5.32 Å². The lowest BCUT2D eigenvalue weighted by Gasteiger charge is -2.33. The third-order valence-corrected chi connectivity index (χ3v) is 2.69. The van der Waals surface area contributed by atoms with E-state index in [4.69, 9.17) is 9.84 Å². The van der Waals surface area contributed by atoms with Crippen LogP contribution in [0.25, 0.3) is 0 Å². The number of likely N-dealkylation sites (N-methyl/N-ethyl adjacent to an activating group) is 2. The molecular formula is C11H19N3O5. The zero-order chi connectivity index (χ0) is 14.4. The minimum atomic E-state index is -1.09. The van der Waals surface area contributed by atoms with E-state index >= 15 is 0 Å². The first-order valence-electron chi connectivity index (χ1n) is 6.06. The minimum absolute atomic E-state index is 0.00605. The number of hydrogen-bond donors (Lipinski definition) is 2. The van der Waals surface area contributed by atoms with Gasteiger partial charge in [0.2, 0.25) is 5.91 Å². The van der Waals surface area contributed by atoms with E-state index in [9.17, 15) is 14.4 Å². The Kier molecular flexibility index (Phi) is 5.56. The van der Waals surface area contributed by atoms with Crippen LogP contribution >= 0.6 is 0 Å². The molecule has 0 spiro atoms. The van der Waals surface area contributed by atoms with Gasteiger partial charge in [-0.15, -0.1) is 0 Å². The molecule has 0 radical (unpaired) electrons. The van der Waals surface area contributed by atoms with Crippen LogP contribution in [-0.4, -0.2) is 78.8 Å². The molecule has 0 saturated carbocycles. The third-order valence-electron chi connectivity index (χ3n) is 2.69. The fourth-order valence-electron chi connectivity index (χ4n) is 1.75. The lowest BCUT2D eigenvalue weighted by molar-refractivity contribution is -0.154. The largest absolute Gasteiger partial charge is 0.479 e. The van der Waals surface area contributed by atoms with Crippen molar-refractivity contribution in [3.05, 3.63) is 0 Å². The number of nitrogens with zero attached hydrogens (tertiary/aromatic N) is 2. The number of morpholine rings is 1. The Labute approximate surface area is 111 Å². The van der Waals surface area contributed by atoms with E-state index in [1.807, 2.05) is 0 Å². The van der Waals surface area contributed by atoms with Crippen molar-refractivity contribution in [2.75, 3.05) is 39.8 Å². The number of aliphatic carboxylic acids is 1. The summed E-state index contributed by atoms with van der Waals surface area (Å²) >= 11 is 0. The molecule has 3 amide bonds. The Morgan fingerprint density at radius 2 is 2.16 bits per heavy atom. The maximum atomic E-state index is 12.0. The van der Waals surface area contributed by atoms with Gasteiger partial charge in [-0.2, -0.15) is 0 Å². The SMILES string of the molecule is CCNC(=O)CN(C)C(=O)N1CCOC(C(=O)O)C1. The molecular weight excluding hydrogens is 254 g/mol. The van der Waals surface area contributed by atoms with Crippen LogP contribution in [-0.2, 0) is 14.3 Å². The van der Waals surface area contributed by atoms with Gasteiger partial charge in [0.25, 0.3) is 0 Å². The number of carboxylic acid groups (broad SMARTS) is 1. The molecule has 8 heteroatoms. The summed E-state index contributed by atoms with van der Waals surface area (Å²) in [7, 11) is 1.50. The monoisotopic (exact) mass is 273 g/mol. The fraction of sp³-hybridized carbons (Fsp3) is 0.727. The van der Waals surface area contributed by atoms with Crippen LogP contribution in [0.2, 0.25) is 0 Å². The number of ether oxygens (including phenoxy) is 1. The molecule has 1 heterocycles. The summed E-state index contributed by atoms with van der Waals surface area (Å²) in [6, 6.07) is -0.374. The molecule has 0 aromatic heterocycles. The molecule has 0 aliphatic carbocycles. The van der Waals surface area contributed by atoms with Gasteiger partial charge in [-0.05, 0) is 6.92 Å². The zero-order valence-electron chi connectivity index (χ0n) is 11.1. The van der Waals surface area contributed by atoms with Crippen LogP contribution in [0.1, 0.15) is 6.92 Å². The van der Waals surface area contributed by atoms with Crippen molar-refractivity contribution in [2.45, 2.75) is 13.0 Å². The Morgan fingerprint density at radius 1 is 1.47 bits per heavy atom. The van der Waals surface area contributed by atoms with Crippen LogP contribution in [0.4, 0.5) is 4.79 Å². The van der Waals surface area contributed by atoms with Gasteiger partial charge in [0.05, 0.1) is 13.2 Å². The van der Waals surface area contributed by atoms with Gasteiger partial charge in [0.15, 0.2) is 6.10 Å². The predicted molar refractivity (Wildman–Crippen MR) is 65.7 cm³/mol. The number of rotatable bonds is 4. The maximum absolute atomic E-state index is 12.0. The van der Waals surface area contributed by atoms with E-state index in [1.54, 1.807) is 6.92 Å². The highest BCUT2D eigenvalue weighted by atomic mass is 16.5. The Balaban J connectivity index is 2.51. The second-order valence-electron chi connectivity index (χ2n) is 4.24. The number of nitrogens with one attached hydrogen (secondary N) is 1. The number of amides is 3. The van der Waals surface area contributed by atoms with Crippen molar-refractivity contribution in [1.29, 1.82) is 0 Å². The molecule has 0 aromatic rings. The van der Waals surface area contributed by atoms with E-state index < -0.39 is 12.1 Å². The topological polar surface area (TPSA) is 99.2 Å². The summed E-state index contributed by atoms with van der Waals surface area (Å²) in [5, 5.41) is 11.4. The molecule has 1 aliphatic heterocycles. The van der Waals surface area contributed by atoms with Crippen molar-refractivity contribution in [1.82, 2.24) is 15.1 Å². The van der Waals surface area contributed by atoms with E-state index in [0.29, 0.717) is 13.1 Å². The first kappa shape index (κ1) is 15.2.